The first kappa shape index (κ1) is 18.5. The zero-order valence-electron chi connectivity index (χ0n) is 15.5. The number of hydrogen-bond acceptors (Lipinski definition) is 3. The summed E-state index contributed by atoms with van der Waals surface area (Å²) in [7, 11) is 0. The molecule has 0 fully saturated rings. The van der Waals surface area contributed by atoms with E-state index in [1.807, 2.05) is 18.2 Å². The van der Waals surface area contributed by atoms with Crippen LogP contribution >= 0.6 is 0 Å². The Labute approximate surface area is 166 Å². The molecule has 0 unspecified atom stereocenters. The number of para-hydroxylation sites is 1. The largest absolute Gasteiger partial charge is 0.459 e. The van der Waals surface area contributed by atoms with Crippen molar-refractivity contribution in [3.63, 3.8) is 0 Å². The summed E-state index contributed by atoms with van der Waals surface area (Å²) < 4.78 is 19.1. The Balaban J connectivity index is 1.65. The number of nitrogens with one attached hydrogen (secondary N) is 3. The number of rotatable bonds is 4. The number of furan rings is 1. The molecule has 3 amide bonds. The summed E-state index contributed by atoms with van der Waals surface area (Å²) in [5.41, 5.74) is 2.11. The number of carbonyl (C=O) groups is 2. The minimum atomic E-state index is -0.762. The van der Waals surface area contributed by atoms with Crippen molar-refractivity contribution < 1.29 is 18.4 Å². The second-order valence-corrected chi connectivity index (χ2v) is 6.60. The van der Waals surface area contributed by atoms with Gasteiger partial charge in [-0.3, -0.25) is 4.79 Å². The van der Waals surface area contributed by atoms with Gasteiger partial charge in [0.1, 0.15) is 23.4 Å². The Kier molecular flexibility index (Phi) is 4.87. The van der Waals surface area contributed by atoms with Gasteiger partial charge in [0.2, 0.25) is 0 Å². The highest BCUT2D eigenvalue weighted by Gasteiger charge is 2.33. The lowest BCUT2D eigenvalue weighted by atomic mass is 10.00. The van der Waals surface area contributed by atoms with Gasteiger partial charge in [0.25, 0.3) is 5.91 Å². The van der Waals surface area contributed by atoms with Crippen molar-refractivity contribution >= 4 is 17.6 Å². The molecule has 2 heterocycles. The van der Waals surface area contributed by atoms with Crippen molar-refractivity contribution in [2.24, 2.45) is 0 Å². The fourth-order valence-electron chi connectivity index (χ4n) is 3.21. The van der Waals surface area contributed by atoms with Gasteiger partial charge in [-0.15, -0.1) is 0 Å². The number of halogens is 1. The van der Waals surface area contributed by atoms with Crippen molar-refractivity contribution in [2.45, 2.75) is 13.0 Å². The lowest BCUT2D eigenvalue weighted by Gasteiger charge is -2.27. The zero-order chi connectivity index (χ0) is 20.4. The van der Waals surface area contributed by atoms with Crippen LogP contribution in [0.1, 0.15) is 18.7 Å². The molecule has 29 heavy (non-hydrogen) atoms. The molecule has 7 heteroatoms. The Morgan fingerprint density at radius 1 is 1.03 bits per heavy atom. The summed E-state index contributed by atoms with van der Waals surface area (Å²) in [6.07, 6.45) is 0. The summed E-state index contributed by atoms with van der Waals surface area (Å²) in [4.78, 5) is 25.0. The van der Waals surface area contributed by atoms with E-state index in [1.54, 1.807) is 43.3 Å². The van der Waals surface area contributed by atoms with Crippen LogP contribution in [0.2, 0.25) is 0 Å². The molecule has 1 aliphatic heterocycles. The third-order valence-corrected chi connectivity index (χ3v) is 4.59. The molecule has 0 spiro atoms. The number of benzene rings is 2. The molecule has 0 aliphatic carbocycles. The molecule has 0 radical (unpaired) electrons. The molecule has 2 aromatic carbocycles. The molecular formula is C22H18FN3O3. The standard InChI is InChI=1S/C22H18FN3O3/c1-13-19(21(27)25-16-5-3-2-4-6-16)20(26-22(28)24-13)18-12-11-17(29-18)14-7-9-15(23)10-8-14/h2-12,20H,1H3,(H,25,27)(H2,24,26,28)/t20-/m1/s1. The molecule has 0 saturated carbocycles. The number of carbonyl (C=O) groups excluding carboxylic acids is 2. The first-order valence-electron chi connectivity index (χ1n) is 9.01. The first-order chi connectivity index (χ1) is 14.0. The minimum absolute atomic E-state index is 0.341. The van der Waals surface area contributed by atoms with Gasteiger partial charge in [0.15, 0.2) is 0 Å². The number of amides is 3. The lowest BCUT2D eigenvalue weighted by molar-refractivity contribution is -0.113. The smallest absolute Gasteiger partial charge is 0.319 e. The number of hydrogen-bond donors (Lipinski definition) is 3. The molecule has 1 aromatic heterocycles. The molecule has 3 N–H and O–H groups in total. The van der Waals surface area contributed by atoms with Gasteiger partial charge in [-0.05, 0) is 55.5 Å². The SMILES string of the molecule is CC1=C(C(=O)Nc2ccccc2)[C@@H](c2ccc(-c3ccc(F)cc3)o2)NC(=O)N1. The number of urea groups is 1. The van der Waals surface area contributed by atoms with E-state index in [0.717, 1.165) is 0 Å². The first-order valence-corrected chi connectivity index (χ1v) is 9.01. The van der Waals surface area contributed by atoms with Crippen LogP contribution in [0.5, 0.6) is 0 Å². The van der Waals surface area contributed by atoms with Crippen LogP contribution in [0.3, 0.4) is 0 Å². The summed E-state index contributed by atoms with van der Waals surface area (Å²) in [6, 6.07) is 17.1. The van der Waals surface area contributed by atoms with Crippen LogP contribution in [0.4, 0.5) is 14.9 Å². The molecule has 1 atom stereocenters. The topological polar surface area (TPSA) is 83.4 Å². The normalized spacial score (nSPS) is 16.2. The van der Waals surface area contributed by atoms with Crippen molar-refractivity contribution in [1.29, 1.82) is 0 Å². The molecule has 3 aromatic rings. The zero-order valence-corrected chi connectivity index (χ0v) is 15.5. The van der Waals surface area contributed by atoms with Crippen LogP contribution in [0.15, 0.2) is 82.4 Å². The van der Waals surface area contributed by atoms with E-state index in [2.05, 4.69) is 16.0 Å². The van der Waals surface area contributed by atoms with E-state index in [-0.39, 0.29) is 11.7 Å². The monoisotopic (exact) mass is 391 g/mol. The highest BCUT2D eigenvalue weighted by atomic mass is 19.1. The van der Waals surface area contributed by atoms with E-state index in [1.165, 1.54) is 12.1 Å². The van der Waals surface area contributed by atoms with Crippen LogP contribution in [-0.2, 0) is 4.79 Å². The third-order valence-electron chi connectivity index (χ3n) is 4.59. The third kappa shape index (κ3) is 3.89. The van der Waals surface area contributed by atoms with E-state index in [9.17, 15) is 14.0 Å². The number of allylic oxidation sites excluding steroid dienone is 1. The fourth-order valence-corrected chi connectivity index (χ4v) is 3.21. The Bertz CT molecular complexity index is 1090. The molecule has 6 nitrogen and oxygen atoms in total. The summed E-state index contributed by atoms with van der Waals surface area (Å²) in [5, 5.41) is 8.19. The summed E-state index contributed by atoms with van der Waals surface area (Å²) in [6.45, 7) is 1.66. The van der Waals surface area contributed by atoms with Gasteiger partial charge in [0, 0.05) is 16.9 Å². The molecule has 0 saturated heterocycles. The summed E-state index contributed by atoms with van der Waals surface area (Å²) >= 11 is 0. The van der Waals surface area contributed by atoms with Gasteiger partial charge >= 0.3 is 6.03 Å². The van der Waals surface area contributed by atoms with E-state index in [4.69, 9.17) is 4.42 Å². The van der Waals surface area contributed by atoms with Gasteiger partial charge in [0.05, 0.1) is 5.57 Å². The predicted molar refractivity (Wildman–Crippen MR) is 106 cm³/mol. The second-order valence-electron chi connectivity index (χ2n) is 6.60. The Morgan fingerprint density at radius 2 is 1.76 bits per heavy atom. The Hall–Kier alpha value is -3.87. The maximum Gasteiger partial charge on any atom is 0.319 e. The second kappa shape index (κ2) is 7.63. The molecule has 0 bridgehead atoms. The highest BCUT2D eigenvalue weighted by molar-refractivity contribution is 6.06. The molecular weight excluding hydrogens is 373 g/mol. The maximum atomic E-state index is 13.2. The van der Waals surface area contributed by atoms with Gasteiger partial charge in [-0.1, -0.05) is 18.2 Å². The highest BCUT2D eigenvalue weighted by Crippen LogP contribution is 2.32. The molecule has 1 aliphatic rings. The van der Waals surface area contributed by atoms with Gasteiger partial charge in [-0.2, -0.15) is 0 Å². The maximum absolute atomic E-state index is 13.2. The molecule has 4 rings (SSSR count). The van der Waals surface area contributed by atoms with Gasteiger partial charge in [-0.25, -0.2) is 9.18 Å². The van der Waals surface area contributed by atoms with Crippen molar-refractivity contribution in [2.75, 3.05) is 5.32 Å². The van der Waals surface area contributed by atoms with E-state index >= 15 is 0 Å². The average Bonchev–Trinajstić information content (AvgIpc) is 3.18. The quantitative estimate of drug-likeness (QED) is 0.618. The van der Waals surface area contributed by atoms with E-state index in [0.29, 0.717) is 34.0 Å². The molecule has 146 valence electrons. The fraction of sp³-hybridized carbons (Fsp3) is 0.0909. The van der Waals surface area contributed by atoms with Crippen LogP contribution in [0.25, 0.3) is 11.3 Å². The van der Waals surface area contributed by atoms with Crippen LogP contribution < -0.4 is 16.0 Å². The Morgan fingerprint density at radius 3 is 2.48 bits per heavy atom. The summed E-state index contributed by atoms with van der Waals surface area (Å²) in [5.74, 6) is 0.209. The van der Waals surface area contributed by atoms with E-state index < -0.39 is 12.1 Å². The van der Waals surface area contributed by atoms with Crippen molar-refractivity contribution in [3.05, 3.63) is 89.6 Å². The van der Waals surface area contributed by atoms with Crippen LogP contribution in [0, 0.1) is 5.82 Å². The predicted octanol–water partition coefficient (Wildman–Crippen LogP) is 4.35. The minimum Gasteiger partial charge on any atom is -0.459 e. The lowest BCUT2D eigenvalue weighted by Crippen LogP contribution is -2.45. The van der Waals surface area contributed by atoms with Crippen LogP contribution in [-0.4, -0.2) is 11.9 Å². The van der Waals surface area contributed by atoms with Gasteiger partial charge < -0.3 is 20.4 Å². The average molecular weight is 391 g/mol. The van der Waals surface area contributed by atoms with Crippen molar-refractivity contribution in [1.82, 2.24) is 10.6 Å². The van der Waals surface area contributed by atoms with Crippen molar-refractivity contribution in [3.8, 4) is 11.3 Å². The number of anilines is 1.